The SMILES string of the molecule is COc1ccc(NC(=O)C(C)N(C)Cc2ccc3c(c2)OCCO3)cc1. The molecule has 1 aliphatic rings. The van der Waals surface area contributed by atoms with Gasteiger partial charge in [-0.15, -0.1) is 0 Å². The van der Waals surface area contributed by atoms with E-state index in [9.17, 15) is 4.79 Å². The maximum atomic E-state index is 12.5. The van der Waals surface area contributed by atoms with E-state index in [1.54, 1.807) is 7.11 Å². The van der Waals surface area contributed by atoms with Crippen LogP contribution in [0.1, 0.15) is 12.5 Å². The molecule has 6 nitrogen and oxygen atoms in total. The smallest absolute Gasteiger partial charge is 0.241 e. The van der Waals surface area contributed by atoms with Crippen molar-refractivity contribution in [2.45, 2.75) is 19.5 Å². The van der Waals surface area contributed by atoms with Crippen molar-refractivity contribution in [3.63, 3.8) is 0 Å². The third kappa shape index (κ3) is 4.26. The Morgan fingerprint density at radius 1 is 1.15 bits per heavy atom. The van der Waals surface area contributed by atoms with E-state index in [-0.39, 0.29) is 11.9 Å². The Morgan fingerprint density at radius 2 is 1.85 bits per heavy atom. The van der Waals surface area contributed by atoms with Crippen molar-refractivity contribution in [2.75, 3.05) is 32.7 Å². The Morgan fingerprint density at radius 3 is 2.54 bits per heavy atom. The minimum atomic E-state index is -0.287. The summed E-state index contributed by atoms with van der Waals surface area (Å²) in [6.07, 6.45) is 0. The number of hydrogen-bond donors (Lipinski definition) is 1. The molecule has 2 aromatic rings. The fraction of sp³-hybridized carbons (Fsp3) is 0.350. The summed E-state index contributed by atoms with van der Waals surface area (Å²) in [5.74, 6) is 2.23. The van der Waals surface area contributed by atoms with E-state index >= 15 is 0 Å². The highest BCUT2D eigenvalue weighted by Crippen LogP contribution is 2.31. The zero-order chi connectivity index (χ0) is 18.5. The van der Waals surface area contributed by atoms with Crippen molar-refractivity contribution in [2.24, 2.45) is 0 Å². The average molecular weight is 356 g/mol. The molecule has 0 bridgehead atoms. The molecule has 1 N–H and O–H groups in total. The first-order chi connectivity index (χ1) is 12.6. The average Bonchev–Trinajstić information content (AvgIpc) is 2.67. The Kier molecular flexibility index (Phi) is 5.63. The number of methoxy groups -OCH3 is 1. The monoisotopic (exact) mass is 356 g/mol. The van der Waals surface area contributed by atoms with Crippen LogP contribution in [-0.4, -0.2) is 44.2 Å². The quantitative estimate of drug-likeness (QED) is 0.862. The van der Waals surface area contributed by atoms with Crippen molar-refractivity contribution >= 4 is 11.6 Å². The van der Waals surface area contributed by atoms with E-state index < -0.39 is 0 Å². The van der Waals surface area contributed by atoms with Gasteiger partial charge in [0.05, 0.1) is 13.2 Å². The molecule has 1 heterocycles. The van der Waals surface area contributed by atoms with Crippen molar-refractivity contribution < 1.29 is 19.0 Å². The number of likely N-dealkylation sites (N-methyl/N-ethyl adjacent to an activating group) is 1. The summed E-state index contributed by atoms with van der Waals surface area (Å²) in [7, 11) is 3.54. The second-order valence-corrected chi connectivity index (χ2v) is 6.29. The number of anilines is 1. The van der Waals surface area contributed by atoms with Gasteiger partial charge in [0.15, 0.2) is 11.5 Å². The van der Waals surface area contributed by atoms with Gasteiger partial charge in [-0.1, -0.05) is 6.07 Å². The number of carbonyl (C=O) groups excluding carboxylic acids is 1. The zero-order valence-corrected chi connectivity index (χ0v) is 15.3. The summed E-state index contributed by atoms with van der Waals surface area (Å²) in [5, 5.41) is 2.93. The van der Waals surface area contributed by atoms with E-state index in [1.807, 2.05) is 61.3 Å². The molecule has 1 amide bonds. The summed E-state index contributed by atoms with van der Waals surface area (Å²) >= 11 is 0. The van der Waals surface area contributed by atoms with Crippen LogP contribution in [0.4, 0.5) is 5.69 Å². The Bertz CT molecular complexity index is 761. The molecule has 1 aliphatic heterocycles. The number of carbonyl (C=O) groups is 1. The molecule has 138 valence electrons. The van der Waals surface area contributed by atoms with Crippen LogP contribution in [0.5, 0.6) is 17.2 Å². The molecule has 1 atom stereocenters. The van der Waals surface area contributed by atoms with Crippen molar-refractivity contribution in [1.29, 1.82) is 0 Å². The van der Waals surface area contributed by atoms with E-state index in [1.165, 1.54) is 0 Å². The molecular formula is C20H24N2O4. The molecule has 26 heavy (non-hydrogen) atoms. The molecule has 0 saturated heterocycles. The minimum Gasteiger partial charge on any atom is -0.497 e. The summed E-state index contributed by atoms with van der Waals surface area (Å²) in [4.78, 5) is 14.5. The largest absolute Gasteiger partial charge is 0.497 e. The third-order valence-electron chi connectivity index (χ3n) is 4.44. The third-order valence-corrected chi connectivity index (χ3v) is 4.44. The van der Waals surface area contributed by atoms with Crippen LogP contribution in [0.25, 0.3) is 0 Å². The number of rotatable bonds is 6. The lowest BCUT2D eigenvalue weighted by molar-refractivity contribution is -0.120. The standard InChI is InChI=1S/C20H24N2O4/c1-14(20(23)21-16-5-7-17(24-3)8-6-16)22(2)13-15-4-9-18-19(12-15)26-11-10-25-18/h4-9,12,14H,10-11,13H2,1-3H3,(H,21,23). The number of benzene rings is 2. The van der Waals surface area contributed by atoms with Gasteiger partial charge < -0.3 is 19.5 Å². The molecule has 1 unspecified atom stereocenters. The first-order valence-electron chi connectivity index (χ1n) is 8.60. The van der Waals surface area contributed by atoms with Gasteiger partial charge in [-0.05, 0) is 55.9 Å². The second-order valence-electron chi connectivity index (χ2n) is 6.29. The fourth-order valence-electron chi connectivity index (χ4n) is 2.73. The van der Waals surface area contributed by atoms with Gasteiger partial charge in [-0.2, -0.15) is 0 Å². The van der Waals surface area contributed by atoms with Gasteiger partial charge in [-0.3, -0.25) is 9.69 Å². The lowest BCUT2D eigenvalue weighted by Crippen LogP contribution is -2.39. The van der Waals surface area contributed by atoms with Crippen LogP contribution in [0.3, 0.4) is 0 Å². The maximum absolute atomic E-state index is 12.5. The molecular weight excluding hydrogens is 332 g/mol. The Balaban J connectivity index is 1.59. The van der Waals surface area contributed by atoms with E-state index in [4.69, 9.17) is 14.2 Å². The second kappa shape index (κ2) is 8.10. The molecule has 0 aliphatic carbocycles. The number of amides is 1. The van der Waals surface area contributed by atoms with Crippen LogP contribution >= 0.6 is 0 Å². The summed E-state index contributed by atoms with van der Waals surface area (Å²) in [5.41, 5.74) is 1.82. The van der Waals surface area contributed by atoms with Crippen molar-refractivity contribution in [3.05, 3.63) is 48.0 Å². The van der Waals surface area contributed by atoms with Gasteiger partial charge in [0.25, 0.3) is 0 Å². The van der Waals surface area contributed by atoms with Crippen LogP contribution in [0, 0.1) is 0 Å². The van der Waals surface area contributed by atoms with Crippen LogP contribution in [-0.2, 0) is 11.3 Å². The van der Waals surface area contributed by atoms with Gasteiger partial charge in [0.2, 0.25) is 5.91 Å². The van der Waals surface area contributed by atoms with Gasteiger partial charge in [0.1, 0.15) is 19.0 Å². The highest BCUT2D eigenvalue weighted by Gasteiger charge is 2.19. The number of fused-ring (bicyclic) bond motifs is 1. The molecule has 6 heteroatoms. The lowest BCUT2D eigenvalue weighted by Gasteiger charge is -2.25. The first kappa shape index (κ1) is 18.1. The lowest BCUT2D eigenvalue weighted by atomic mass is 10.1. The number of ether oxygens (including phenoxy) is 3. The van der Waals surface area contributed by atoms with Crippen molar-refractivity contribution in [3.8, 4) is 17.2 Å². The molecule has 2 aromatic carbocycles. The van der Waals surface area contributed by atoms with E-state index in [0.29, 0.717) is 19.8 Å². The van der Waals surface area contributed by atoms with E-state index in [0.717, 1.165) is 28.5 Å². The van der Waals surface area contributed by atoms with Crippen molar-refractivity contribution in [1.82, 2.24) is 4.90 Å². The predicted octanol–water partition coefficient (Wildman–Crippen LogP) is 2.93. The van der Waals surface area contributed by atoms with Gasteiger partial charge >= 0.3 is 0 Å². The topological polar surface area (TPSA) is 60.0 Å². The van der Waals surface area contributed by atoms with E-state index in [2.05, 4.69) is 5.32 Å². The first-order valence-corrected chi connectivity index (χ1v) is 8.60. The molecule has 0 saturated carbocycles. The summed E-state index contributed by atoms with van der Waals surface area (Å²) in [6, 6.07) is 12.9. The highest BCUT2D eigenvalue weighted by atomic mass is 16.6. The normalized spacial score (nSPS) is 14.0. The summed E-state index contributed by atoms with van der Waals surface area (Å²) < 4.78 is 16.3. The van der Waals surface area contributed by atoms with Gasteiger partial charge in [0, 0.05) is 12.2 Å². The molecule has 0 spiro atoms. The van der Waals surface area contributed by atoms with Crippen LogP contribution < -0.4 is 19.5 Å². The Labute approximate surface area is 153 Å². The van der Waals surface area contributed by atoms with Crippen LogP contribution in [0.2, 0.25) is 0 Å². The molecule has 0 aromatic heterocycles. The number of nitrogens with one attached hydrogen (secondary N) is 1. The Hall–Kier alpha value is -2.73. The molecule has 0 fully saturated rings. The summed E-state index contributed by atoms with van der Waals surface area (Å²) in [6.45, 7) is 3.66. The highest BCUT2D eigenvalue weighted by molar-refractivity contribution is 5.94. The number of nitrogens with zero attached hydrogens (tertiary/aromatic N) is 1. The number of hydrogen-bond acceptors (Lipinski definition) is 5. The predicted molar refractivity (Wildman–Crippen MR) is 100.0 cm³/mol. The fourth-order valence-corrected chi connectivity index (χ4v) is 2.73. The molecule has 0 radical (unpaired) electrons. The maximum Gasteiger partial charge on any atom is 0.241 e. The van der Waals surface area contributed by atoms with Gasteiger partial charge in [-0.25, -0.2) is 0 Å². The minimum absolute atomic E-state index is 0.0600. The van der Waals surface area contributed by atoms with Crippen LogP contribution in [0.15, 0.2) is 42.5 Å². The zero-order valence-electron chi connectivity index (χ0n) is 15.3. The molecule has 3 rings (SSSR count).